The van der Waals surface area contributed by atoms with Crippen LogP contribution in [0.4, 0.5) is 11.4 Å². The Morgan fingerprint density at radius 1 is 0.971 bits per heavy atom. The first-order chi connectivity index (χ1) is 17.3. The molecule has 1 heterocycles. The molecule has 4 aromatic rings. The van der Waals surface area contributed by atoms with Crippen molar-refractivity contribution in [1.29, 1.82) is 0 Å². The maximum atomic E-state index is 5.81. The number of terminal acetylenes is 1. The minimum atomic E-state index is 0.225. The zero-order valence-electron chi connectivity index (χ0n) is 19.4. The Bertz CT molecular complexity index is 1480. The minimum absolute atomic E-state index is 0.225. The number of allylic oxidation sites excluding steroid dienone is 2. The average Bonchev–Trinajstić information content (AvgIpc) is 3.41. The molecule has 0 radical (unpaired) electrons. The van der Waals surface area contributed by atoms with Crippen LogP contribution in [0.1, 0.15) is 35.1 Å². The molecule has 0 aromatic heterocycles. The lowest BCUT2D eigenvalue weighted by Gasteiger charge is -2.37. The number of nitrogens with zero attached hydrogens (tertiary/aromatic N) is 1. The van der Waals surface area contributed by atoms with Crippen LogP contribution in [-0.4, -0.2) is 12.8 Å². The molecule has 0 saturated heterocycles. The summed E-state index contributed by atoms with van der Waals surface area (Å²) in [5.74, 6) is 4.30. The van der Waals surface area contributed by atoms with Gasteiger partial charge in [-0.1, -0.05) is 78.7 Å². The maximum Gasteiger partial charge on any atom is 0.148 e. The Labute approximate surface area is 206 Å². The van der Waals surface area contributed by atoms with Gasteiger partial charge in [-0.15, -0.1) is 6.42 Å². The van der Waals surface area contributed by atoms with Crippen LogP contribution in [0.3, 0.4) is 0 Å². The van der Waals surface area contributed by atoms with Crippen molar-refractivity contribution in [3.05, 3.63) is 114 Å². The number of hydrogen-bond donors (Lipinski definition) is 1. The topological polar surface area (TPSA) is 33.6 Å². The number of benzene rings is 4. The molecular weight excluding hydrogens is 428 g/mol. The summed E-state index contributed by atoms with van der Waals surface area (Å²) in [4.78, 5) is 4.79. The largest absolute Gasteiger partial charge is 0.480 e. The molecule has 0 saturated carbocycles. The van der Waals surface area contributed by atoms with Gasteiger partial charge < -0.3 is 10.1 Å². The zero-order valence-corrected chi connectivity index (χ0v) is 19.4. The Morgan fingerprint density at radius 2 is 1.80 bits per heavy atom. The highest BCUT2D eigenvalue weighted by atomic mass is 16.5. The van der Waals surface area contributed by atoms with Gasteiger partial charge in [-0.25, -0.2) is 0 Å². The van der Waals surface area contributed by atoms with E-state index in [1.807, 2.05) is 30.5 Å². The first kappa shape index (κ1) is 21.3. The SMILES string of the molecule is C#CCOc1ccc2ccccc2c1C=Nc1ccc([C@@H]2Nc3ccccc3[C@H]3C=CC[C@@H]32)cc1. The third-order valence-electron chi connectivity index (χ3n) is 7.11. The van der Waals surface area contributed by atoms with E-state index in [1.54, 1.807) is 0 Å². The molecule has 170 valence electrons. The molecule has 0 unspecified atom stereocenters. The molecule has 35 heavy (non-hydrogen) atoms. The quantitative estimate of drug-likeness (QED) is 0.193. The van der Waals surface area contributed by atoms with E-state index in [1.165, 1.54) is 16.8 Å². The Balaban J connectivity index is 1.29. The van der Waals surface area contributed by atoms with E-state index < -0.39 is 0 Å². The molecule has 1 aliphatic heterocycles. The first-order valence-corrected chi connectivity index (χ1v) is 12.1. The van der Waals surface area contributed by atoms with Gasteiger partial charge in [0.15, 0.2) is 0 Å². The second-order valence-corrected chi connectivity index (χ2v) is 9.10. The standard InChI is InChI=1S/C32H26N2O/c1-2-20-35-31-19-16-22-8-3-4-9-25(22)29(31)21-33-24-17-14-23(15-18-24)32-28-12-7-11-26(28)27-10-5-6-13-30(27)34-32/h1,3-11,13-19,21,26,28,32,34H,12,20H2/t26-,28+,32+/m1/s1. The predicted octanol–water partition coefficient (Wildman–Crippen LogP) is 7.43. The van der Waals surface area contributed by atoms with Crippen LogP contribution in [0.2, 0.25) is 0 Å². The minimum Gasteiger partial charge on any atom is -0.480 e. The van der Waals surface area contributed by atoms with Crippen molar-refractivity contribution in [1.82, 2.24) is 0 Å². The summed E-state index contributed by atoms with van der Waals surface area (Å²) in [6.07, 6.45) is 13.1. The van der Waals surface area contributed by atoms with Gasteiger partial charge in [-0.05, 0) is 58.5 Å². The lowest BCUT2D eigenvalue weighted by atomic mass is 9.77. The monoisotopic (exact) mass is 454 g/mol. The van der Waals surface area contributed by atoms with Crippen molar-refractivity contribution in [2.75, 3.05) is 11.9 Å². The van der Waals surface area contributed by atoms with Gasteiger partial charge in [-0.2, -0.15) is 0 Å². The van der Waals surface area contributed by atoms with Gasteiger partial charge in [-0.3, -0.25) is 4.99 Å². The third kappa shape index (κ3) is 3.98. The van der Waals surface area contributed by atoms with Crippen LogP contribution in [0.5, 0.6) is 5.75 Å². The van der Waals surface area contributed by atoms with Gasteiger partial charge in [0.25, 0.3) is 0 Å². The summed E-state index contributed by atoms with van der Waals surface area (Å²) in [5.41, 5.74) is 5.78. The molecule has 3 nitrogen and oxygen atoms in total. The third-order valence-corrected chi connectivity index (χ3v) is 7.11. The highest BCUT2D eigenvalue weighted by Crippen LogP contribution is 2.49. The van der Waals surface area contributed by atoms with Crippen LogP contribution in [0, 0.1) is 18.3 Å². The van der Waals surface area contributed by atoms with Crippen molar-refractivity contribution in [2.45, 2.75) is 18.4 Å². The summed E-state index contributed by atoms with van der Waals surface area (Å²) >= 11 is 0. The normalized spacial score (nSPS) is 20.3. The molecule has 0 amide bonds. The number of ether oxygens (including phenoxy) is 1. The lowest BCUT2D eigenvalue weighted by molar-refractivity contribution is 0.370. The van der Waals surface area contributed by atoms with Crippen LogP contribution in [-0.2, 0) is 0 Å². The van der Waals surface area contributed by atoms with Crippen molar-refractivity contribution in [2.24, 2.45) is 10.9 Å². The molecular formula is C32H26N2O. The number of rotatable bonds is 5. The zero-order chi connectivity index (χ0) is 23.6. The molecule has 0 spiro atoms. The summed E-state index contributed by atoms with van der Waals surface area (Å²) in [7, 11) is 0. The van der Waals surface area contributed by atoms with Crippen LogP contribution < -0.4 is 10.1 Å². The Morgan fingerprint density at radius 3 is 2.69 bits per heavy atom. The van der Waals surface area contributed by atoms with Gasteiger partial charge in [0.1, 0.15) is 12.4 Å². The Hall–Kier alpha value is -4.29. The van der Waals surface area contributed by atoms with Gasteiger partial charge in [0, 0.05) is 23.4 Å². The van der Waals surface area contributed by atoms with E-state index in [9.17, 15) is 0 Å². The molecule has 1 aliphatic carbocycles. The van der Waals surface area contributed by atoms with Gasteiger partial charge >= 0.3 is 0 Å². The lowest BCUT2D eigenvalue weighted by Crippen LogP contribution is -2.28. The smallest absolute Gasteiger partial charge is 0.148 e. The summed E-state index contributed by atoms with van der Waals surface area (Å²) < 4.78 is 5.81. The number of aliphatic imine (C=N–C) groups is 1. The van der Waals surface area contributed by atoms with E-state index in [-0.39, 0.29) is 12.6 Å². The van der Waals surface area contributed by atoms with E-state index in [4.69, 9.17) is 16.2 Å². The van der Waals surface area contributed by atoms with Crippen LogP contribution >= 0.6 is 0 Å². The van der Waals surface area contributed by atoms with E-state index in [2.05, 4.69) is 84.1 Å². The molecule has 1 N–H and O–H groups in total. The fourth-order valence-corrected chi connectivity index (χ4v) is 5.43. The second kappa shape index (κ2) is 9.16. The van der Waals surface area contributed by atoms with Crippen molar-refractivity contribution >= 4 is 28.4 Å². The Kier molecular flexibility index (Phi) is 5.56. The number of hydrogen-bond acceptors (Lipinski definition) is 3. The molecule has 3 heteroatoms. The molecule has 4 aromatic carbocycles. The van der Waals surface area contributed by atoms with Crippen molar-refractivity contribution in [3.8, 4) is 18.1 Å². The molecule has 0 bridgehead atoms. The summed E-state index contributed by atoms with van der Waals surface area (Å²) in [6, 6.07) is 29.8. The summed E-state index contributed by atoms with van der Waals surface area (Å²) in [6.45, 7) is 0.225. The predicted molar refractivity (Wildman–Crippen MR) is 145 cm³/mol. The maximum absolute atomic E-state index is 5.81. The van der Waals surface area contributed by atoms with Crippen molar-refractivity contribution < 1.29 is 4.74 Å². The molecule has 0 fully saturated rings. The van der Waals surface area contributed by atoms with E-state index in [0.29, 0.717) is 11.8 Å². The molecule has 3 atom stereocenters. The molecule has 6 rings (SSSR count). The number of anilines is 1. The van der Waals surface area contributed by atoms with Crippen LogP contribution in [0.15, 0.2) is 102 Å². The van der Waals surface area contributed by atoms with Gasteiger partial charge in [0.05, 0.1) is 11.7 Å². The summed E-state index contributed by atoms with van der Waals surface area (Å²) in [5, 5.41) is 6.03. The average molecular weight is 455 g/mol. The van der Waals surface area contributed by atoms with Gasteiger partial charge in [0.2, 0.25) is 0 Å². The number of nitrogens with one attached hydrogen (secondary N) is 1. The fraction of sp³-hybridized carbons (Fsp3) is 0.156. The fourth-order valence-electron chi connectivity index (χ4n) is 5.43. The van der Waals surface area contributed by atoms with Crippen molar-refractivity contribution in [3.63, 3.8) is 0 Å². The molecule has 2 aliphatic rings. The number of para-hydroxylation sites is 1. The first-order valence-electron chi connectivity index (χ1n) is 12.1. The van der Waals surface area contributed by atoms with E-state index in [0.717, 1.165) is 34.2 Å². The number of fused-ring (bicyclic) bond motifs is 4. The van der Waals surface area contributed by atoms with Crippen LogP contribution in [0.25, 0.3) is 10.8 Å². The van der Waals surface area contributed by atoms with E-state index >= 15 is 0 Å². The highest BCUT2D eigenvalue weighted by Gasteiger charge is 2.37. The second-order valence-electron chi connectivity index (χ2n) is 9.10. The highest BCUT2D eigenvalue weighted by molar-refractivity contribution is 6.03.